The lowest BCUT2D eigenvalue weighted by Crippen LogP contribution is -2.70. The van der Waals surface area contributed by atoms with E-state index >= 15 is 4.39 Å². The van der Waals surface area contributed by atoms with E-state index in [1.165, 1.54) is 38.0 Å². The lowest BCUT2D eigenvalue weighted by Gasteiger charge is -2.62. The van der Waals surface area contributed by atoms with Crippen LogP contribution in [0.2, 0.25) is 0 Å². The van der Waals surface area contributed by atoms with Crippen LogP contribution in [0.4, 0.5) is 4.39 Å². The van der Waals surface area contributed by atoms with Crippen molar-refractivity contribution >= 4 is 23.6 Å². The Balaban J connectivity index is 1.17. The first kappa shape index (κ1) is 67.5. The van der Waals surface area contributed by atoms with Gasteiger partial charge in [-0.2, -0.15) is 0 Å². The van der Waals surface area contributed by atoms with Gasteiger partial charge in [0.2, 0.25) is 5.91 Å². The van der Waals surface area contributed by atoms with Gasteiger partial charge in [0.05, 0.1) is 53.7 Å². The highest BCUT2D eigenvalue weighted by Gasteiger charge is 2.76. The van der Waals surface area contributed by atoms with Crippen LogP contribution < -0.4 is 5.32 Å². The topological polar surface area (TPSA) is 284 Å². The Morgan fingerprint density at radius 1 is 0.904 bits per heavy atom. The maximum absolute atomic E-state index is 17.9. The molecule has 26 atom stereocenters. The number of aliphatic hydroxyl groups is 7. The highest BCUT2D eigenvalue weighted by molar-refractivity contribution is 6.01. The molecule has 0 spiro atoms. The number of aliphatic hydroxyl groups excluding tert-OH is 4. The van der Waals surface area contributed by atoms with E-state index in [0.29, 0.717) is 31.3 Å². The predicted octanol–water partition coefficient (Wildman–Crippen LogP) is 4.04. The first-order chi connectivity index (χ1) is 38.4. The summed E-state index contributed by atoms with van der Waals surface area (Å²) in [6.07, 6.45) is -6.93. The quantitative estimate of drug-likeness (QED) is 0.101. The van der Waals surface area contributed by atoms with Gasteiger partial charge in [0.25, 0.3) is 5.91 Å². The number of hydrogen-bond donors (Lipinski definition) is 8. The summed E-state index contributed by atoms with van der Waals surface area (Å²) in [5.74, 6) is -6.28. The molecule has 20 nitrogen and oxygen atoms in total. The van der Waals surface area contributed by atoms with Gasteiger partial charge in [0.1, 0.15) is 30.0 Å². The van der Waals surface area contributed by atoms with Gasteiger partial charge < -0.3 is 74.4 Å². The fourth-order valence-electron chi connectivity index (χ4n) is 16.7. The van der Waals surface area contributed by atoms with E-state index < -0.39 is 166 Å². The van der Waals surface area contributed by atoms with E-state index in [0.717, 1.165) is 0 Å². The average molecular weight is 1180 g/mol. The molecule has 7 rings (SSSR count). The molecule has 474 valence electrons. The third kappa shape index (κ3) is 12.1. The number of halogens is 1. The summed E-state index contributed by atoms with van der Waals surface area (Å²) in [5.41, 5.74) is -10.9. The molecule has 0 aromatic heterocycles. The summed E-state index contributed by atoms with van der Waals surface area (Å²) in [6.45, 7) is 24.0. The number of carbonyl (C=O) groups excluding carboxylic acids is 4. The van der Waals surface area contributed by atoms with Crippen molar-refractivity contribution in [2.24, 2.45) is 46.3 Å². The van der Waals surface area contributed by atoms with Gasteiger partial charge in [-0.25, -0.2) is 4.39 Å². The second kappa shape index (κ2) is 24.9. The van der Waals surface area contributed by atoms with E-state index in [-0.39, 0.29) is 63.4 Å². The molecular formula is C62H102FN3O17. The Kier molecular flexibility index (Phi) is 20.2. The lowest BCUT2D eigenvalue weighted by molar-refractivity contribution is -0.317. The molecule has 0 bridgehead atoms. The van der Waals surface area contributed by atoms with E-state index in [1.807, 2.05) is 11.8 Å². The number of alkyl halides is 1. The van der Waals surface area contributed by atoms with Crippen LogP contribution in [0, 0.1) is 46.3 Å². The van der Waals surface area contributed by atoms with Crippen LogP contribution in [-0.4, -0.2) is 211 Å². The van der Waals surface area contributed by atoms with E-state index in [9.17, 15) is 54.9 Å². The molecule has 0 aromatic rings. The fraction of sp³-hybridized carbons (Fsp3) is 0.871. The molecule has 6 fully saturated rings. The van der Waals surface area contributed by atoms with E-state index in [2.05, 4.69) is 5.32 Å². The number of esters is 1. The van der Waals surface area contributed by atoms with Gasteiger partial charge in [0, 0.05) is 75.8 Å². The van der Waals surface area contributed by atoms with Crippen LogP contribution in [0.15, 0.2) is 23.8 Å². The number of fused-ring (bicyclic) bond motifs is 5. The maximum atomic E-state index is 17.9. The normalized spacial score (nSPS) is 49.3. The molecule has 4 aliphatic carbocycles. The summed E-state index contributed by atoms with van der Waals surface area (Å²) < 4.78 is 56.1. The third-order valence-electron chi connectivity index (χ3n) is 21.8. The summed E-state index contributed by atoms with van der Waals surface area (Å²) in [5, 5.41) is 88.6. The van der Waals surface area contributed by atoms with Crippen LogP contribution in [0.3, 0.4) is 0 Å². The Morgan fingerprint density at radius 3 is 2.19 bits per heavy atom. The zero-order chi connectivity index (χ0) is 62.1. The SMILES string of the molecule is CC[C@H]1OC(=O)[C@H](C)[C@@H](OC2C[C@@](C)(OC)[C@@H](O)[C@H](C)O2)[C@@H](C)[C@@H](OC2O[C@H](C)C[C@H](N(C)C(C)=O)[C@H]2O)[C@](C)(O)C[C@@H](C)CN(CCCNC(=O)[C@@]2(O)[C@H](C)CC3C4CCC5=CC(=O)C=C[C@]5(C)[C@@]4(F)[C@@H](O)C[C@@]32C)[C@H](C)[C@@H](O)[C@]1(C)O. The largest absolute Gasteiger partial charge is 0.459 e. The lowest BCUT2D eigenvalue weighted by atomic mass is 9.44. The Labute approximate surface area is 491 Å². The average Bonchev–Trinajstić information content (AvgIpc) is 1.69. The van der Waals surface area contributed by atoms with Gasteiger partial charge in [-0.15, -0.1) is 0 Å². The van der Waals surface area contributed by atoms with E-state index in [4.69, 9.17) is 28.4 Å². The van der Waals surface area contributed by atoms with Crippen LogP contribution in [-0.2, 0) is 47.6 Å². The zero-order valence-corrected chi connectivity index (χ0v) is 52.2. The first-order valence-electron chi connectivity index (χ1n) is 30.6. The third-order valence-corrected chi connectivity index (χ3v) is 21.8. The van der Waals surface area contributed by atoms with E-state index in [1.54, 1.807) is 89.3 Å². The number of rotatable bonds is 12. The summed E-state index contributed by atoms with van der Waals surface area (Å²) in [7, 11) is 3.05. The molecule has 83 heavy (non-hydrogen) atoms. The van der Waals surface area contributed by atoms with Crippen molar-refractivity contribution in [3.63, 3.8) is 0 Å². The standard InChI is InChI=1S/C62H102FN3O17/c1-17-46-60(14,76)50(71)37(7)66(24-18-23-64-55(74)62(77)33(3)25-43-42-20-19-40-27-41(68)21-22-56(40,10)61(42,63)45(69)29-57(43,62)11)31-32(2)28-58(12,75)52(83-54-48(70)44(26-34(4)79-54)65(15)39(9)67)35(5)49(36(6)53(73)81-46)82-47-30-59(13,78-16)51(72)38(8)80-47/h21-22,27,32-38,42-52,54,69-72,75-77H,17-20,23-26,28-31H2,1-16H3,(H,64,74)/t32-,33-,34-,35-,36-,37-,38+,42?,43?,44+,45+,46-,47?,48-,49+,50-,51+,52-,54?,56+,57+,58-,59-,60-,61+,62+/m1/s1. The summed E-state index contributed by atoms with van der Waals surface area (Å²) >= 11 is 0. The molecule has 3 heterocycles. The number of methoxy groups -OCH3 is 1. The minimum atomic E-state index is -2.14. The van der Waals surface area contributed by atoms with Gasteiger partial charge >= 0.3 is 5.97 Å². The van der Waals surface area contributed by atoms with Crippen LogP contribution in [0.1, 0.15) is 155 Å². The van der Waals surface area contributed by atoms with Gasteiger partial charge in [-0.3, -0.25) is 24.1 Å². The number of likely N-dealkylation sites (N-methyl/N-ethyl adjacent to an activating group) is 1. The molecule has 3 aliphatic heterocycles. The van der Waals surface area contributed by atoms with Crippen molar-refractivity contribution in [2.45, 2.75) is 262 Å². The van der Waals surface area contributed by atoms with Crippen LogP contribution in [0.5, 0.6) is 0 Å². The monoisotopic (exact) mass is 1180 g/mol. The molecule has 3 saturated heterocycles. The second-order valence-corrected chi connectivity index (χ2v) is 27.7. The number of cyclic esters (lactones) is 1. The van der Waals surface area contributed by atoms with Crippen molar-refractivity contribution in [1.29, 1.82) is 0 Å². The molecule has 2 amide bonds. The van der Waals surface area contributed by atoms with Crippen molar-refractivity contribution in [1.82, 2.24) is 15.1 Å². The Bertz CT molecular complexity index is 2410. The summed E-state index contributed by atoms with van der Waals surface area (Å²) in [6, 6.07) is -1.56. The molecule has 4 unspecified atom stereocenters. The molecule has 3 saturated carbocycles. The number of nitrogens with zero attached hydrogens (tertiary/aromatic N) is 2. The number of nitrogens with one attached hydrogen (secondary N) is 1. The first-order valence-corrected chi connectivity index (χ1v) is 30.6. The Hall–Kier alpha value is -3.03. The highest BCUT2D eigenvalue weighted by atomic mass is 19.1. The number of amides is 2. The van der Waals surface area contributed by atoms with Gasteiger partial charge in [-0.05, 0) is 137 Å². The fourth-order valence-corrected chi connectivity index (χ4v) is 16.7. The number of ketones is 1. The molecule has 0 radical (unpaired) electrons. The number of allylic oxidation sites excluding steroid dienone is 4. The maximum Gasteiger partial charge on any atom is 0.311 e. The second-order valence-electron chi connectivity index (χ2n) is 27.7. The van der Waals surface area contributed by atoms with Crippen molar-refractivity contribution < 1.29 is 87.7 Å². The van der Waals surface area contributed by atoms with Crippen molar-refractivity contribution in [3.05, 3.63) is 23.8 Å². The zero-order valence-electron chi connectivity index (χ0n) is 52.2. The molecule has 0 aromatic carbocycles. The van der Waals surface area contributed by atoms with Gasteiger partial charge in [-0.1, -0.05) is 46.3 Å². The number of carbonyl (C=O) groups is 4. The number of hydrogen-bond acceptors (Lipinski definition) is 18. The predicted molar refractivity (Wildman–Crippen MR) is 303 cm³/mol. The summed E-state index contributed by atoms with van der Waals surface area (Å²) in [4.78, 5) is 57.9. The minimum Gasteiger partial charge on any atom is -0.459 e. The van der Waals surface area contributed by atoms with Crippen molar-refractivity contribution in [2.75, 3.05) is 33.8 Å². The highest BCUT2D eigenvalue weighted by Crippen LogP contribution is 2.70. The molecule has 8 N–H and O–H groups in total. The smallest absolute Gasteiger partial charge is 0.311 e. The van der Waals surface area contributed by atoms with Crippen LogP contribution >= 0.6 is 0 Å². The molecule has 21 heteroatoms. The van der Waals surface area contributed by atoms with Crippen molar-refractivity contribution in [3.8, 4) is 0 Å². The minimum absolute atomic E-state index is 0.0144. The number of ether oxygens (including phenoxy) is 6. The van der Waals surface area contributed by atoms with Crippen LogP contribution in [0.25, 0.3) is 0 Å². The van der Waals surface area contributed by atoms with Gasteiger partial charge in [0.15, 0.2) is 29.6 Å². The molecular weight excluding hydrogens is 1080 g/mol. The molecule has 7 aliphatic rings. The Morgan fingerprint density at radius 2 is 1.57 bits per heavy atom.